The molecule has 106 valence electrons. The summed E-state index contributed by atoms with van der Waals surface area (Å²) in [5, 5.41) is 7.07. The lowest BCUT2D eigenvalue weighted by molar-refractivity contribution is 1.06. The zero-order chi connectivity index (χ0) is 14.7. The molecule has 0 atom stereocenters. The Morgan fingerprint density at radius 2 is 2.33 bits per heavy atom. The highest BCUT2D eigenvalue weighted by Gasteiger charge is 2.02. The van der Waals surface area contributed by atoms with Crippen molar-refractivity contribution in [2.24, 2.45) is 5.10 Å². The first kappa shape index (κ1) is 13.6. The molecule has 0 unspecified atom stereocenters. The van der Waals surface area contributed by atoms with Crippen LogP contribution in [0.15, 0.2) is 47.4 Å². The van der Waals surface area contributed by atoms with Crippen molar-refractivity contribution in [2.45, 2.75) is 0 Å². The highest BCUT2D eigenvalue weighted by Crippen LogP contribution is 2.19. The molecule has 3 aromatic rings. The molecule has 21 heavy (non-hydrogen) atoms. The Balaban J connectivity index is 1.74. The van der Waals surface area contributed by atoms with Crippen molar-refractivity contribution in [3.63, 3.8) is 0 Å². The molecule has 0 radical (unpaired) electrons. The van der Waals surface area contributed by atoms with Crippen LogP contribution >= 0.6 is 22.9 Å². The Bertz CT molecular complexity index is 765. The van der Waals surface area contributed by atoms with Gasteiger partial charge in [-0.15, -0.1) is 11.3 Å². The third-order valence-corrected chi connectivity index (χ3v) is 3.76. The van der Waals surface area contributed by atoms with E-state index in [-0.39, 0.29) is 0 Å². The minimum Gasteiger partial charge on any atom is -0.383 e. The zero-order valence-corrected chi connectivity index (χ0v) is 12.3. The van der Waals surface area contributed by atoms with Crippen LogP contribution < -0.4 is 11.2 Å². The van der Waals surface area contributed by atoms with Crippen molar-refractivity contribution >= 4 is 40.1 Å². The van der Waals surface area contributed by atoms with E-state index < -0.39 is 0 Å². The van der Waals surface area contributed by atoms with Gasteiger partial charge in [-0.1, -0.05) is 11.6 Å². The number of nitrogens with one attached hydrogen (secondary N) is 1. The maximum Gasteiger partial charge on any atom is 0.205 e. The second-order valence-electron chi connectivity index (χ2n) is 4.12. The van der Waals surface area contributed by atoms with Crippen LogP contribution in [0.1, 0.15) is 5.56 Å². The maximum atomic E-state index is 6.25. The van der Waals surface area contributed by atoms with Gasteiger partial charge in [-0.25, -0.2) is 9.97 Å². The molecule has 0 spiro atoms. The molecule has 0 fully saturated rings. The number of thiazole rings is 1. The summed E-state index contributed by atoms with van der Waals surface area (Å²) in [6, 6.07) is 5.68. The third-order valence-electron chi connectivity index (χ3n) is 2.67. The predicted octanol–water partition coefficient (Wildman–Crippen LogP) is 3.01. The summed E-state index contributed by atoms with van der Waals surface area (Å²) in [7, 11) is 0. The molecule has 8 heteroatoms. The highest BCUT2D eigenvalue weighted by molar-refractivity contribution is 7.14. The number of hydrazone groups is 1. The summed E-state index contributed by atoms with van der Waals surface area (Å²) in [6.07, 6.45) is 6.92. The molecule has 3 rings (SSSR count). The fourth-order valence-corrected chi connectivity index (χ4v) is 2.46. The number of nitrogens with two attached hydrogens (primary N) is 1. The van der Waals surface area contributed by atoms with E-state index in [2.05, 4.69) is 20.5 Å². The summed E-state index contributed by atoms with van der Waals surface area (Å²) < 4.78 is 1.88. The summed E-state index contributed by atoms with van der Waals surface area (Å²) in [6.45, 7) is 0. The molecule has 0 aliphatic rings. The van der Waals surface area contributed by atoms with E-state index in [9.17, 15) is 0 Å². The van der Waals surface area contributed by atoms with Crippen LogP contribution in [0.5, 0.6) is 0 Å². The third kappa shape index (κ3) is 3.21. The van der Waals surface area contributed by atoms with Crippen LogP contribution in [0.3, 0.4) is 0 Å². The molecule has 0 aliphatic heterocycles. The first-order valence-corrected chi connectivity index (χ1v) is 7.26. The molecule has 2 aromatic heterocycles. The molecule has 3 N–H and O–H groups in total. The average Bonchev–Trinajstić information content (AvgIpc) is 3.12. The van der Waals surface area contributed by atoms with Gasteiger partial charge in [0.05, 0.1) is 17.6 Å². The van der Waals surface area contributed by atoms with Gasteiger partial charge in [0.15, 0.2) is 0 Å². The van der Waals surface area contributed by atoms with Gasteiger partial charge < -0.3 is 10.3 Å². The van der Waals surface area contributed by atoms with E-state index in [0.717, 1.165) is 11.3 Å². The number of rotatable bonds is 4. The Labute approximate surface area is 129 Å². The lowest BCUT2D eigenvalue weighted by atomic mass is 10.2. The van der Waals surface area contributed by atoms with Gasteiger partial charge in [-0.05, 0) is 18.2 Å². The van der Waals surface area contributed by atoms with Crippen molar-refractivity contribution in [1.29, 1.82) is 0 Å². The van der Waals surface area contributed by atoms with Crippen LogP contribution in [-0.2, 0) is 0 Å². The molecular formula is C13H11ClN6S. The summed E-state index contributed by atoms with van der Waals surface area (Å²) in [5.74, 6) is 0.473. The summed E-state index contributed by atoms with van der Waals surface area (Å²) in [4.78, 5) is 8.04. The fraction of sp³-hybridized carbons (Fsp3) is 0. The molecule has 0 saturated carbocycles. The lowest BCUT2D eigenvalue weighted by Gasteiger charge is -2.04. The number of nitrogens with zero attached hydrogens (tertiary/aromatic N) is 4. The van der Waals surface area contributed by atoms with E-state index in [0.29, 0.717) is 16.0 Å². The van der Waals surface area contributed by atoms with Gasteiger partial charge in [0.1, 0.15) is 5.82 Å². The standard InChI is InChI=1S/C13H11ClN6S/c14-11-5-10(20-4-3-16-8-20)2-1-9(11)6-17-19-13-18-12(15)7-21-13/h1-8H,15H2,(H,18,19). The molecule has 1 aromatic carbocycles. The molecule has 0 bridgehead atoms. The summed E-state index contributed by atoms with van der Waals surface area (Å²) >= 11 is 7.63. The van der Waals surface area contributed by atoms with Gasteiger partial charge in [-0.2, -0.15) is 5.10 Å². The quantitative estimate of drug-likeness (QED) is 0.572. The Kier molecular flexibility index (Phi) is 3.85. The zero-order valence-electron chi connectivity index (χ0n) is 10.8. The number of aromatic nitrogens is 3. The summed E-state index contributed by atoms with van der Waals surface area (Å²) in [5.41, 5.74) is 10.1. The topological polar surface area (TPSA) is 81.1 Å². The first-order chi connectivity index (χ1) is 10.2. The van der Waals surface area contributed by atoms with Crippen molar-refractivity contribution in [1.82, 2.24) is 14.5 Å². The number of hydrogen-bond acceptors (Lipinski definition) is 6. The second kappa shape index (κ2) is 5.94. The van der Waals surface area contributed by atoms with Crippen molar-refractivity contribution in [3.05, 3.63) is 52.9 Å². The number of benzene rings is 1. The number of halogens is 1. The normalized spacial score (nSPS) is 11.1. The predicted molar refractivity (Wildman–Crippen MR) is 86.3 cm³/mol. The molecule has 2 heterocycles. The first-order valence-electron chi connectivity index (χ1n) is 6.00. The highest BCUT2D eigenvalue weighted by atomic mass is 35.5. The monoisotopic (exact) mass is 318 g/mol. The van der Waals surface area contributed by atoms with E-state index in [4.69, 9.17) is 17.3 Å². The van der Waals surface area contributed by atoms with Crippen molar-refractivity contribution < 1.29 is 0 Å². The minimum absolute atomic E-state index is 0.473. The van der Waals surface area contributed by atoms with E-state index in [1.165, 1.54) is 11.3 Å². The van der Waals surface area contributed by atoms with Crippen LogP contribution in [0.25, 0.3) is 5.69 Å². The van der Waals surface area contributed by atoms with Gasteiger partial charge in [0.2, 0.25) is 5.13 Å². The lowest BCUT2D eigenvalue weighted by Crippen LogP contribution is -1.94. The van der Waals surface area contributed by atoms with E-state index in [1.54, 1.807) is 24.1 Å². The minimum atomic E-state index is 0.473. The number of anilines is 2. The number of imidazole rings is 1. The number of nitrogen functional groups attached to an aromatic ring is 1. The number of hydrogen-bond donors (Lipinski definition) is 2. The van der Waals surface area contributed by atoms with E-state index >= 15 is 0 Å². The smallest absolute Gasteiger partial charge is 0.205 e. The van der Waals surface area contributed by atoms with Crippen LogP contribution in [0.4, 0.5) is 10.9 Å². The Morgan fingerprint density at radius 3 is 3.00 bits per heavy atom. The van der Waals surface area contributed by atoms with Crippen LogP contribution in [0.2, 0.25) is 5.02 Å². The fourth-order valence-electron chi connectivity index (χ4n) is 1.69. The molecule has 0 aliphatic carbocycles. The van der Waals surface area contributed by atoms with E-state index in [1.807, 2.05) is 29.0 Å². The molecule has 0 amide bonds. The van der Waals surface area contributed by atoms with Gasteiger partial charge in [0, 0.05) is 29.0 Å². The van der Waals surface area contributed by atoms with Crippen LogP contribution in [0, 0.1) is 0 Å². The average molecular weight is 319 g/mol. The maximum absolute atomic E-state index is 6.25. The molecule has 0 saturated heterocycles. The van der Waals surface area contributed by atoms with Gasteiger partial charge in [-0.3, -0.25) is 5.43 Å². The molecular weight excluding hydrogens is 308 g/mol. The van der Waals surface area contributed by atoms with Gasteiger partial charge in [0.25, 0.3) is 0 Å². The van der Waals surface area contributed by atoms with Crippen molar-refractivity contribution in [3.8, 4) is 5.69 Å². The van der Waals surface area contributed by atoms with Crippen LogP contribution in [-0.4, -0.2) is 20.7 Å². The largest absolute Gasteiger partial charge is 0.383 e. The SMILES string of the molecule is Nc1csc(NN=Cc2ccc(-n3ccnc3)cc2Cl)n1. The Morgan fingerprint density at radius 1 is 1.43 bits per heavy atom. The van der Waals surface area contributed by atoms with Gasteiger partial charge >= 0.3 is 0 Å². The Hall–Kier alpha value is -2.38. The van der Waals surface area contributed by atoms with Crippen molar-refractivity contribution in [2.75, 3.05) is 11.2 Å². The molecule has 6 nitrogen and oxygen atoms in total. The second-order valence-corrected chi connectivity index (χ2v) is 5.39.